The number of hydrogen-bond donors (Lipinski definition) is 3. The molecule has 1 aliphatic heterocycles. The largest absolute Gasteiger partial charge is 0.361 e. The lowest BCUT2D eigenvalue weighted by Gasteiger charge is -2.25. The van der Waals surface area contributed by atoms with Gasteiger partial charge in [-0.1, -0.05) is 27.7 Å². The topological polar surface area (TPSA) is 117 Å². The zero-order valence-corrected chi connectivity index (χ0v) is 18.0. The van der Waals surface area contributed by atoms with Gasteiger partial charge in [-0.15, -0.1) is 0 Å². The van der Waals surface area contributed by atoms with Gasteiger partial charge in [0.05, 0.1) is 12.6 Å². The van der Waals surface area contributed by atoms with Gasteiger partial charge in [0.2, 0.25) is 17.7 Å². The molecule has 3 amide bonds. The van der Waals surface area contributed by atoms with Gasteiger partial charge in [0, 0.05) is 6.92 Å². The van der Waals surface area contributed by atoms with Gasteiger partial charge in [0.1, 0.15) is 17.7 Å². The Morgan fingerprint density at radius 1 is 0.857 bits per heavy atom. The highest BCUT2D eigenvalue weighted by Gasteiger charge is 2.50. The van der Waals surface area contributed by atoms with Gasteiger partial charge in [-0.2, -0.15) is 0 Å². The second-order valence-corrected chi connectivity index (χ2v) is 8.69. The number of epoxide rings is 1. The van der Waals surface area contributed by atoms with E-state index in [9.17, 15) is 19.2 Å². The van der Waals surface area contributed by atoms with E-state index in [1.165, 1.54) is 6.92 Å². The molecule has 0 spiro atoms. The summed E-state index contributed by atoms with van der Waals surface area (Å²) in [6.45, 7) is 12.8. The quantitative estimate of drug-likeness (QED) is 0.449. The third-order valence-corrected chi connectivity index (χ3v) is 4.59. The van der Waals surface area contributed by atoms with Crippen LogP contribution in [0.1, 0.15) is 61.3 Å². The van der Waals surface area contributed by atoms with Crippen molar-refractivity contribution in [3.63, 3.8) is 0 Å². The van der Waals surface area contributed by atoms with Gasteiger partial charge < -0.3 is 20.7 Å². The summed E-state index contributed by atoms with van der Waals surface area (Å²) >= 11 is 0. The van der Waals surface area contributed by atoms with E-state index in [1.807, 2.05) is 27.7 Å². The van der Waals surface area contributed by atoms with Gasteiger partial charge in [0.15, 0.2) is 5.78 Å². The Labute approximate surface area is 167 Å². The molecule has 4 atom stereocenters. The lowest BCUT2D eigenvalue weighted by atomic mass is 9.93. The van der Waals surface area contributed by atoms with Crippen molar-refractivity contribution in [2.24, 2.45) is 11.8 Å². The Bertz CT molecular complexity index is 599. The molecule has 28 heavy (non-hydrogen) atoms. The van der Waals surface area contributed by atoms with Crippen LogP contribution in [0.15, 0.2) is 0 Å². The Balaban J connectivity index is 2.73. The molecule has 1 saturated heterocycles. The first-order valence-electron chi connectivity index (χ1n) is 9.91. The van der Waals surface area contributed by atoms with E-state index in [4.69, 9.17) is 4.74 Å². The summed E-state index contributed by atoms with van der Waals surface area (Å²) in [7, 11) is 0. The minimum absolute atomic E-state index is 0.149. The molecule has 8 heteroatoms. The first-order valence-corrected chi connectivity index (χ1v) is 9.91. The Morgan fingerprint density at radius 2 is 1.36 bits per heavy atom. The van der Waals surface area contributed by atoms with Crippen molar-refractivity contribution in [1.82, 2.24) is 16.0 Å². The molecule has 160 valence electrons. The third-order valence-electron chi connectivity index (χ3n) is 4.59. The van der Waals surface area contributed by atoms with Gasteiger partial charge in [-0.05, 0) is 38.5 Å². The maximum absolute atomic E-state index is 12.6. The standard InChI is InChI=1S/C20H35N3O5/c1-11(2)8-15(17(25)20(7)10-28-20)23-18(26)13(5)21-19(27)16(9-12(3)4)22-14(6)24/h11-13,15-16H,8-10H2,1-7H3,(H,21,27)(H,22,24)(H,23,26)/t13-,15-,16-,20?/m0/s1. The molecule has 8 nitrogen and oxygen atoms in total. The number of rotatable bonds is 11. The first kappa shape index (κ1) is 24.1. The third kappa shape index (κ3) is 7.58. The summed E-state index contributed by atoms with van der Waals surface area (Å²) in [4.78, 5) is 49.1. The summed E-state index contributed by atoms with van der Waals surface area (Å²) in [5.74, 6) is -0.920. The number of nitrogens with one attached hydrogen (secondary N) is 3. The molecule has 0 aromatic heterocycles. The lowest BCUT2D eigenvalue weighted by Crippen LogP contribution is -2.55. The highest BCUT2D eigenvalue weighted by Crippen LogP contribution is 2.29. The molecule has 0 aliphatic carbocycles. The first-order chi connectivity index (χ1) is 12.9. The highest BCUT2D eigenvalue weighted by molar-refractivity contribution is 5.98. The van der Waals surface area contributed by atoms with E-state index in [1.54, 1.807) is 13.8 Å². The minimum atomic E-state index is -0.841. The normalized spacial score (nSPS) is 21.6. The van der Waals surface area contributed by atoms with E-state index in [0.29, 0.717) is 19.4 Å². The highest BCUT2D eigenvalue weighted by atomic mass is 16.6. The van der Waals surface area contributed by atoms with Crippen LogP contribution in [0.25, 0.3) is 0 Å². The molecule has 0 bridgehead atoms. The SMILES string of the molecule is CC(=O)N[C@@H](CC(C)C)C(=O)N[C@@H](C)C(=O)N[C@@H](CC(C)C)C(=O)C1(C)CO1. The number of carbonyl (C=O) groups is 4. The van der Waals surface area contributed by atoms with Gasteiger partial charge in [-0.3, -0.25) is 19.2 Å². The number of ether oxygens (including phenoxy) is 1. The Morgan fingerprint density at radius 3 is 1.79 bits per heavy atom. The number of amides is 3. The van der Waals surface area contributed by atoms with Crippen LogP contribution < -0.4 is 16.0 Å². The molecule has 3 N–H and O–H groups in total. The molecule has 1 fully saturated rings. The lowest BCUT2D eigenvalue weighted by molar-refractivity contribution is -0.134. The van der Waals surface area contributed by atoms with Crippen LogP contribution >= 0.6 is 0 Å². The second-order valence-electron chi connectivity index (χ2n) is 8.69. The predicted molar refractivity (Wildman–Crippen MR) is 105 cm³/mol. The fourth-order valence-corrected chi connectivity index (χ4v) is 2.95. The van der Waals surface area contributed by atoms with Crippen molar-refractivity contribution in [3.8, 4) is 0 Å². The molecule has 0 aromatic carbocycles. The summed E-state index contributed by atoms with van der Waals surface area (Å²) in [6.07, 6.45) is 0.954. The van der Waals surface area contributed by atoms with Crippen LogP contribution in [-0.4, -0.2) is 53.8 Å². The Kier molecular flexibility index (Phi) is 8.60. The van der Waals surface area contributed by atoms with E-state index < -0.39 is 35.5 Å². The molecule has 1 unspecified atom stereocenters. The summed E-state index contributed by atoms with van der Waals surface area (Å²) in [5.41, 5.74) is -0.826. The summed E-state index contributed by atoms with van der Waals surface area (Å²) in [6, 6.07) is -2.22. The van der Waals surface area contributed by atoms with Crippen LogP contribution in [0.2, 0.25) is 0 Å². The van der Waals surface area contributed by atoms with Crippen LogP contribution in [0.4, 0.5) is 0 Å². The van der Waals surface area contributed by atoms with Crippen molar-refractivity contribution in [3.05, 3.63) is 0 Å². The predicted octanol–water partition coefficient (Wildman–Crippen LogP) is 0.931. The molecule has 0 radical (unpaired) electrons. The molecular weight excluding hydrogens is 362 g/mol. The maximum atomic E-state index is 12.6. The average Bonchev–Trinajstić information content (AvgIpc) is 3.30. The second kappa shape index (κ2) is 10.0. The van der Waals surface area contributed by atoms with Gasteiger partial charge >= 0.3 is 0 Å². The van der Waals surface area contributed by atoms with Crippen LogP contribution in [0.3, 0.4) is 0 Å². The number of Topliss-reactive ketones (excluding diaryl/α,β-unsaturated/α-hetero) is 1. The van der Waals surface area contributed by atoms with Crippen LogP contribution in [0, 0.1) is 11.8 Å². The average molecular weight is 398 g/mol. The maximum Gasteiger partial charge on any atom is 0.243 e. The van der Waals surface area contributed by atoms with Gasteiger partial charge in [-0.25, -0.2) is 0 Å². The smallest absolute Gasteiger partial charge is 0.243 e. The van der Waals surface area contributed by atoms with Gasteiger partial charge in [0.25, 0.3) is 0 Å². The van der Waals surface area contributed by atoms with Crippen molar-refractivity contribution in [1.29, 1.82) is 0 Å². The van der Waals surface area contributed by atoms with Crippen molar-refractivity contribution >= 4 is 23.5 Å². The zero-order chi connectivity index (χ0) is 21.6. The molecule has 1 rings (SSSR count). The fourth-order valence-electron chi connectivity index (χ4n) is 2.95. The summed E-state index contributed by atoms with van der Waals surface area (Å²) < 4.78 is 5.22. The molecule has 1 heterocycles. The Hall–Kier alpha value is -1.96. The summed E-state index contributed by atoms with van der Waals surface area (Å²) in [5, 5.41) is 8.00. The van der Waals surface area contributed by atoms with Crippen molar-refractivity contribution in [2.45, 2.75) is 85.0 Å². The number of ketones is 1. The van der Waals surface area contributed by atoms with E-state index in [2.05, 4.69) is 16.0 Å². The molecule has 0 saturated carbocycles. The number of hydrogen-bond acceptors (Lipinski definition) is 5. The van der Waals surface area contributed by atoms with E-state index in [-0.39, 0.29) is 23.5 Å². The van der Waals surface area contributed by atoms with E-state index in [0.717, 1.165) is 0 Å². The molecule has 1 aliphatic rings. The number of carbonyl (C=O) groups excluding carboxylic acids is 4. The van der Waals surface area contributed by atoms with Crippen molar-refractivity contribution < 1.29 is 23.9 Å². The zero-order valence-electron chi connectivity index (χ0n) is 18.0. The molecule has 0 aromatic rings. The fraction of sp³-hybridized carbons (Fsp3) is 0.800. The monoisotopic (exact) mass is 397 g/mol. The molecular formula is C20H35N3O5. The van der Waals surface area contributed by atoms with Crippen LogP contribution in [0.5, 0.6) is 0 Å². The minimum Gasteiger partial charge on any atom is -0.361 e. The van der Waals surface area contributed by atoms with Crippen LogP contribution in [-0.2, 0) is 23.9 Å². The van der Waals surface area contributed by atoms with E-state index >= 15 is 0 Å². The van der Waals surface area contributed by atoms with Crippen molar-refractivity contribution in [2.75, 3.05) is 6.61 Å².